The number of esters is 1. The van der Waals surface area contributed by atoms with Crippen molar-refractivity contribution in [2.45, 2.75) is 39.3 Å². The van der Waals surface area contributed by atoms with Crippen LogP contribution in [0.4, 0.5) is 4.79 Å². The number of aromatic nitrogens is 1. The molecule has 0 bridgehead atoms. The maximum atomic E-state index is 12.0. The first-order chi connectivity index (χ1) is 12.7. The summed E-state index contributed by atoms with van der Waals surface area (Å²) in [5, 5.41) is 7.72. The molecule has 0 unspecified atom stereocenters. The van der Waals surface area contributed by atoms with Crippen molar-refractivity contribution in [3.05, 3.63) is 40.4 Å². The van der Waals surface area contributed by atoms with Gasteiger partial charge in [0.05, 0.1) is 12.1 Å². The maximum absolute atomic E-state index is 12.0. The van der Waals surface area contributed by atoms with Crippen LogP contribution in [0.15, 0.2) is 29.6 Å². The van der Waals surface area contributed by atoms with Gasteiger partial charge in [-0.3, -0.25) is 14.9 Å². The molecule has 0 aliphatic rings. The second-order valence-corrected chi connectivity index (χ2v) is 7.38. The Balaban J connectivity index is 1.88. The predicted octanol–water partition coefficient (Wildman–Crippen LogP) is 3.17. The number of carbonyl (C=O) groups excluding carboxylic acids is 3. The summed E-state index contributed by atoms with van der Waals surface area (Å²) in [5.74, 6) is -1.30. The Hall–Kier alpha value is -2.45. The van der Waals surface area contributed by atoms with Gasteiger partial charge in [-0.2, -0.15) is 0 Å². The van der Waals surface area contributed by atoms with Crippen LogP contribution in [-0.2, 0) is 20.7 Å². The SMILES string of the molecule is CC(C)NC(=O)NC(=O)[C@H](C)OC(=O)Cc1csc(-c2cccc(Cl)c2)n1. The van der Waals surface area contributed by atoms with Gasteiger partial charge in [0.15, 0.2) is 6.10 Å². The zero-order chi connectivity index (χ0) is 20.0. The van der Waals surface area contributed by atoms with Gasteiger partial charge in [-0.25, -0.2) is 9.78 Å². The average molecular weight is 410 g/mol. The number of carbonyl (C=O) groups is 3. The van der Waals surface area contributed by atoms with E-state index in [1.54, 1.807) is 31.4 Å². The van der Waals surface area contributed by atoms with Gasteiger partial charge < -0.3 is 10.1 Å². The molecule has 2 aromatic rings. The predicted molar refractivity (Wildman–Crippen MR) is 104 cm³/mol. The first kappa shape index (κ1) is 20.9. The minimum atomic E-state index is -1.10. The van der Waals surface area contributed by atoms with E-state index in [0.717, 1.165) is 10.6 Å². The van der Waals surface area contributed by atoms with Gasteiger partial charge in [0.1, 0.15) is 5.01 Å². The van der Waals surface area contributed by atoms with Gasteiger partial charge in [0, 0.05) is 22.0 Å². The van der Waals surface area contributed by atoms with E-state index in [1.807, 2.05) is 12.1 Å². The normalized spacial score (nSPS) is 11.7. The Bertz CT molecular complexity index is 838. The second-order valence-electron chi connectivity index (χ2n) is 6.08. The van der Waals surface area contributed by atoms with Crippen molar-refractivity contribution in [3.63, 3.8) is 0 Å². The Morgan fingerprint density at radius 3 is 2.67 bits per heavy atom. The molecule has 2 N–H and O–H groups in total. The fourth-order valence-corrected chi connectivity index (χ4v) is 3.10. The fraction of sp³-hybridized carbons (Fsp3) is 0.333. The van der Waals surface area contributed by atoms with Gasteiger partial charge in [0.2, 0.25) is 0 Å². The quantitative estimate of drug-likeness (QED) is 0.714. The van der Waals surface area contributed by atoms with Crippen molar-refractivity contribution >= 4 is 40.8 Å². The minimum Gasteiger partial charge on any atom is -0.452 e. The first-order valence-corrected chi connectivity index (χ1v) is 9.51. The summed E-state index contributed by atoms with van der Waals surface area (Å²) in [5.41, 5.74) is 1.39. The number of imide groups is 1. The maximum Gasteiger partial charge on any atom is 0.321 e. The summed E-state index contributed by atoms with van der Waals surface area (Å²) in [6.07, 6.45) is -1.17. The van der Waals surface area contributed by atoms with Crippen molar-refractivity contribution < 1.29 is 19.1 Å². The van der Waals surface area contributed by atoms with E-state index < -0.39 is 24.0 Å². The average Bonchev–Trinajstić information content (AvgIpc) is 3.02. The third-order valence-electron chi connectivity index (χ3n) is 3.28. The lowest BCUT2D eigenvalue weighted by Crippen LogP contribution is -2.46. The number of nitrogens with one attached hydrogen (secondary N) is 2. The molecule has 3 amide bonds. The number of nitrogens with zero attached hydrogens (tertiary/aromatic N) is 1. The molecule has 144 valence electrons. The van der Waals surface area contributed by atoms with Crippen molar-refractivity contribution in [3.8, 4) is 10.6 Å². The van der Waals surface area contributed by atoms with E-state index in [9.17, 15) is 14.4 Å². The van der Waals surface area contributed by atoms with Crippen LogP contribution in [0.5, 0.6) is 0 Å². The minimum absolute atomic E-state index is 0.0765. The standard InChI is InChI=1S/C18H20ClN3O4S/c1-10(2)20-18(25)22-16(24)11(3)26-15(23)8-14-9-27-17(21-14)12-5-4-6-13(19)7-12/h4-7,9-11H,8H2,1-3H3,(H2,20,22,24,25)/t11-/m0/s1. The number of amides is 3. The number of ether oxygens (including phenoxy) is 1. The molecule has 0 aliphatic heterocycles. The van der Waals surface area contributed by atoms with E-state index in [4.69, 9.17) is 16.3 Å². The Labute approximate surface area is 166 Å². The lowest BCUT2D eigenvalue weighted by molar-refractivity contribution is -0.153. The van der Waals surface area contributed by atoms with E-state index in [1.165, 1.54) is 18.3 Å². The molecule has 2 rings (SSSR count). The van der Waals surface area contributed by atoms with E-state index in [0.29, 0.717) is 10.7 Å². The van der Waals surface area contributed by atoms with Gasteiger partial charge >= 0.3 is 12.0 Å². The second kappa shape index (κ2) is 9.48. The number of hydrogen-bond donors (Lipinski definition) is 2. The molecule has 0 aliphatic carbocycles. The molecule has 0 saturated carbocycles. The van der Waals surface area contributed by atoms with E-state index >= 15 is 0 Å². The molecule has 7 nitrogen and oxygen atoms in total. The molecular formula is C18H20ClN3O4S. The van der Waals surface area contributed by atoms with Crippen LogP contribution in [0.2, 0.25) is 5.02 Å². The van der Waals surface area contributed by atoms with E-state index in [2.05, 4.69) is 15.6 Å². The smallest absolute Gasteiger partial charge is 0.321 e. The highest BCUT2D eigenvalue weighted by atomic mass is 35.5. The van der Waals surface area contributed by atoms with Crippen LogP contribution >= 0.6 is 22.9 Å². The molecule has 0 fully saturated rings. The third kappa shape index (κ3) is 6.65. The summed E-state index contributed by atoms with van der Waals surface area (Å²) in [6.45, 7) is 4.92. The number of halogens is 1. The highest BCUT2D eigenvalue weighted by Crippen LogP contribution is 2.26. The van der Waals surface area contributed by atoms with Crippen LogP contribution in [0.3, 0.4) is 0 Å². The molecule has 1 aromatic heterocycles. The van der Waals surface area contributed by atoms with Gasteiger partial charge in [-0.1, -0.05) is 23.7 Å². The summed E-state index contributed by atoms with van der Waals surface area (Å²) in [4.78, 5) is 39.8. The number of rotatable bonds is 6. The van der Waals surface area contributed by atoms with Gasteiger partial charge in [-0.15, -0.1) is 11.3 Å². The molecule has 1 aromatic carbocycles. The summed E-state index contributed by atoms with van der Waals surface area (Å²) < 4.78 is 5.07. The third-order valence-corrected chi connectivity index (χ3v) is 4.46. The lowest BCUT2D eigenvalue weighted by atomic mass is 10.2. The number of urea groups is 1. The largest absolute Gasteiger partial charge is 0.452 e. The highest BCUT2D eigenvalue weighted by Gasteiger charge is 2.21. The molecule has 27 heavy (non-hydrogen) atoms. The molecule has 0 radical (unpaired) electrons. The molecule has 0 spiro atoms. The molecule has 1 heterocycles. The van der Waals surface area contributed by atoms with Crippen molar-refractivity contribution in [1.29, 1.82) is 0 Å². The summed E-state index contributed by atoms with van der Waals surface area (Å²) in [6, 6.07) is 6.50. The number of benzene rings is 1. The molecule has 1 atom stereocenters. The first-order valence-electron chi connectivity index (χ1n) is 8.25. The molecule has 9 heteroatoms. The Morgan fingerprint density at radius 1 is 1.26 bits per heavy atom. The molecule has 0 saturated heterocycles. The van der Waals surface area contributed by atoms with Crippen molar-refractivity contribution in [2.24, 2.45) is 0 Å². The zero-order valence-corrected chi connectivity index (χ0v) is 16.7. The topological polar surface area (TPSA) is 97.4 Å². The Morgan fingerprint density at radius 2 is 2.00 bits per heavy atom. The van der Waals surface area contributed by atoms with Crippen LogP contribution in [0.1, 0.15) is 26.5 Å². The summed E-state index contributed by atoms with van der Waals surface area (Å²) >= 11 is 7.36. The van der Waals surface area contributed by atoms with Crippen LogP contribution in [0, 0.1) is 0 Å². The van der Waals surface area contributed by atoms with Crippen LogP contribution in [0.25, 0.3) is 10.6 Å². The summed E-state index contributed by atoms with van der Waals surface area (Å²) in [7, 11) is 0. The molecular weight excluding hydrogens is 390 g/mol. The van der Waals surface area contributed by atoms with Crippen molar-refractivity contribution in [2.75, 3.05) is 0 Å². The van der Waals surface area contributed by atoms with Gasteiger partial charge in [0.25, 0.3) is 5.91 Å². The van der Waals surface area contributed by atoms with Crippen LogP contribution in [-0.4, -0.2) is 35.0 Å². The number of hydrogen-bond acceptors (Lipinski definition) is 6. The number of thiazole rings is 1. The Kier molecular flexibility index (Phi) is 7.32. The fourth-order valence-electron chi connectivity index (χ4n) is 2.09. The monoisotopic (exact) mass is 409 g/mol. The van der Waals surface area contributed by atoms with Crippen molar-refractivity contribution in [1.82, 2.24) is 15.6 Å². The highest BCUT2D eigenvalue weighted by molar-refractivity contribution is 7.13. The lowest BCUT2D eigenvalue weighted by Gasteiger charge is -2.14. The van der Waals surface area contributed by atoms with Gasteiger partial charge in [-0.05, 0) is 32.9 Å². The van der Waals surface area contributed by atoms with Crippen LogP contribution < -0.4 is 10.6 Å². The van der Waals surface area contributed by atoms with E-state index in [-0.39, 0.29) is 12.5 Å². The zero-order valence-electron chi connectivity index (χ0n) is 15.1.